The predicted octanol–water partition coefficient (Wildman–Crippen LogP) is 2.75. The van der Waals surface area contributed by atoms with Gasteiger partial charge in [-0.05, 0) is 18.6 Å². The Labute approximate surface area is 114 Å². The third-order valence-corrected chi connectivity index (χ3v) is 4.01. The van der Waals surface area contributed by atoms with Gasteiger partial charge in [0, 0.05) is 18.1 Å². The van der Waals surface area contributed by atoms with E-state index in [0.717, 1.165) is 28.1 Å². The number of hydrogen-bond acceptors (Lipinski definition) is 6. The van der Waals surface area contributed by atoms with Crippen molar-refractivity contribution in [1.29, 1.82) is 0 Å². The Morgan fingerprint density at radius 2 is 2.21 bits per heavy atom. The second-order valence-electron chi connectivity index (χ2n) is 4.03. The lowest BCUT2D eigenvalue weighted by Crippen LogP contribution is -1.98. The summed E-state index contributed by atoms with van der Waals surface area (Å²) in [5, 5.41) is 4.20. The van der Waals surface area contributed by atoms with E-state index in [9.17, 15) is 0 Å². The molecule has 1 N–H and O–H groups in total. The molecule has 0 fully saturated rings. The Morgan fingerprint density at radius 3 is 2.89 bits per heavy atom. The number of aromatic nitrogens is 4. The molecule has 0 saturated heterocycles. The summed E-state index contributed by atoms with van der Waals surface area (Å²) in [5.74, 6) is 1.47. The normalized spacial score (nSPS) is 10.8. The van der Waals surface area contributed by atoms with Gasteiger partial charge in [-0.15, -0.1) is 11.3 Å². The fourth-order valence-electron chi connectivity index (χ4n) is 1.87. The molecule has 0 saturated carbocycles. The van der Waals surface area contributed by atoms with Crippen LogP contribution < -0.4 is 5.32 Å². The zero-order valence-corrected chi connectivity index (χ0v) is 11.5. The molecule has 6 heteroatoms. The van der Waals surface area contributed by atoms with Crippen LogP contribution in [0.3, 0.4) is 0 Å². The number of rotatable bonds is 3. The molecule has 0 aliphatic rings. The highest BCUT2D eigenvalue weighted by Crippen LogP contribution is 2.30. The van der Waals surface area contributed by atoms with Gasteiger partial charge >= 0.3 is 0 Å². The second-order valence-corrected chi connectivity index (χ2v) is 5.14. The number of hydrogen-bond donors (Lipinski definition) is 1. The van der Waals surface area contributed by atoms with Crippen LogP contribution in [0.15, 0.2) is 24.7 Å². The summed E-state index contributed by atoms with van der Waals surface area (Å²) < 4.78 is 0. The van der Waals surface area contributed by atoms with Crippen LogP contribution in [0.2, 0.25) is 0 Å². The standard InChI is InChI=1S/C13H13N5S/c1-3-8-6-9-11(14-2)17-12(18-13(9)19-8)10-4-5-15-7-16-10/h4-7H,3H2,1-2H3,(H,14,17,18). The Hall–Kier alpha value is -2.08. The lowest BCUT2D eigenvalue weighted by Gasteiger charge is -2.04. The van der Waals surface area contributed by atoms with Gasteiger partial charge in [0.1, 0.15) is 22.7 Å². The van der Waals surface area contributed by atoms with Crippen molar-refractivity contribution >= 4 is 27.4 Å². The van der Waals surface area contributed by atoms with Crippen LogP contribution in [0.5, 0.6) is 0 Å². The molecule has 19 heavy (non-hydrogen) atoms. The average molecular weight is 271 g/mol. The van der Waals surface area contributed by atoms with Crippen molar-refractivity contribution in [2.45, 2.75) is 13.3 Å². The molecule has 0 radical (unpaired) electrons. The lowest BCUT2D eigenvalue weighted by atomic mass is 10.3. The first-order valence-corrected chi connectivity index (χ1v) is 6.88. The van der Waals surface area contributed by atoms with Crippen LogP contribution >= 0.6 is 11.3 Å². The topological polar surface area (TPSA) is 63.6 Å². The van der Waals surface area contributed by atoms with Gasteiger partial charge in [-0.3, -0.25) is 0 Å². The molecule has 0 unspecified atom stereocenters. The fraction of sp³-hybridized carbons (Fsp3) is 0.231. The van der Waals surface area contributed by atoms with Gasteiger partial charge in [-0.2, -0.15) is 0 Å². The summed E-state index contributed by atoms with van der Waals surface area (Å²) in [5.41, 5.74) is 0.736. The van der Waals surface area contributed by atoms with E-state index in [0.29, 0.717) is 5.82 Å². The summed E-state index contributed by atoms with van der Waals surface area (Å²) in [6, 6.07) is 3.96. The zero-order chi connectivity index (χ0) is 13.2. The SMILES string of the molecule is CCc1cc2c(NC)nc(-c3ccncn3)nc2s1. The van der Waals surface area contributed by atoms with Gasteiger partial charge < -0.3 is 5.32 Å². The average Bonchev–Trinajstić information content (AvgIpc) is 2.90. The van der Waals surface area contributed by atoms with Crippen molar-refractivity contribution < 1.29 is 0 Å². The third kappa shape index (κ3) is 2.15. The first-order chi connectivity index (χ1) is 9.31. The Kier molecular flexibility index (Phi) is 3.08. The molecule has 0 bridgehead atoms. The minimum Gasteiger partial charge on any atom is -0.372 e. The van der Waals surface area contributed by atoms with Crippen LogP contribution in [0.1, 0.15) is 11.8 Å². The molecular formula is C13H13N5S. The maximum atomic E-state index is 4.60. The fourth-order valence-corrected chi connectivity index (χ4v) is 2.84. The van der Waals surface area contributed by atoms with E-state index >= 15 is 0 Å². The second kappa shape index (κ2) is 4.89. The van der Waals surface area contributed by atoms with Crippen molar-refractivity contribution in [2.75, 3.05) is 12.4 Å². The first kappa shape index (κ1) is 12.0. The highest BCUT2D eigenvalue weighted by atomic mass is 32.1. The third-order valence-electron chi connectivity index (χ3n) is 2.84. The smallest absolute Gasteiger partial charge is 0.181 e. The maximum Gasteiger partial charge on any atom is 0.181 e. The van der Waals surface area contributed by atoms with Gasteiger partial charge in [0.2, 0.25) is 0 Å². The van der Waals surface area contributed by atoms with Crippen molar-refractivity contribution in [1.82, 2.24) is 19.9 Å². The molecule has 0 spiro atoms. The predicted molar refractivity (Wildman–Crippen MR) is 77.4 cm³/mol. The molecule has 3 rings (SSSR count). The summed E-state index contributed by atoms with van der Waals surface area (Å²) in [6.45, 7) is 2.14. The van der Waals surface area contributed by atoms with Crippen molar-refractivity contribution in [3.8, 4) is 11.5 Å². The summed E-state index contributed by atoms with van der Waals surface area (Å²) in [6.07, 6.45) is 4.21. The van der Waals surface area contributed by atoms with E-state index in [1.165, 1.54) is 11.2 Å². The van der Waals surface area contributed by atoms with Gasteiger partial charge in [-0.25, -0.2) is 19.9 Å². The van der Waals surface area contributed by atoms with Crippen LogP contribution in [-0.4, -0.2) is 27.0 Å². The Morgan fingerprint density at radius 1 is 1.32 bits per heavy atom. The van der Waals surface area contributed by atoms with E-state index in [2.05, 4.69) is 38.2 Å². The minimum atomic E-state index is 0.628. The largest absolute Gasteiger partial charge is 0.372 e. The molecule has 3 heterocycles. The van der Waals surface area contributed by atoms with Crippen LogP contribution in [-0.2, 0) is 6.42 Å². The van der Waals surface area contributed by atoms with E-state index in [-0.39, 0.29) is 0 Å². The van der Waals surface area contributed by atoms with Crippen molar-refractivity contribution in [3.63, 3.8) is 0 Å². The molecule has 0 aliphatic heterocycles. The van der Waals surface area contributed by atoms with E-state index in [4.69, 9.17) is 0 Å². The number of nitrogens with one attached hydrogen (secondary N) is 1. The molecule has 0 amide bonds. The van der Waals surface area contributed by atoms with Gasteiger partial charge in [0.15, 0.2) is 5.82 Å². The Bertz CT molecular complexity index is 708. The molecule has 0 aliphatic carbocycles. The van der Waals surface area contributed by atoms with Crippen molar-refractivity contribution in [3.05, 3.63) is 29.5 Å². The van der Waals surface area contributed by atoms with E-state index < -0.39 is 0 Å². The van der Waals surface area contributed by atoms with Crippen LogP contribution in [0, 0.1) is 0 Å². The molecular weight excluding hydrogens is 258 g/mol. The quantitative estimate of drug-likeness (QED) is 0.793. The highest BCUT2D eigenvalue weighted by molar-refractivity contribution is 7.18. The molecule has 0 atom stereocenters. The van der Waals surface area contributed by atoms with Crippen molar-refractivity contribution in [2.24, 2.45) is 0 Å². The van der Waals surface area contributed by atoms with Gasteiger partial charge in [-0.1, -0.05) is 6.92 Å². The first-order valence-electron chi connectivity index (χ1n) is 6.06. The van der Waals surface area contributed by atoms with Gasteiger partial charge in [0.05, 0.1) is 5.39 Å². The number of nitrogens with zero attached hydrogens (tertiary/aromatic N) is 4. The maximum absolute atomic E-state index is 4.60. The lowest BCUT2D eigenvalue weighted by molar-refractivity contribution is 1.12. The summed E-state index contributed by atoms with van der Waals surface area (Å²) in [4.78, 5) is 19.5. The number of aryl methyl sites for hydroxylation is 1. The molecule has 0 aromatic carbocycles. The molecule has 3 aromatic rings. The molecule has 96 valence electrons. The van der Waals surface area contributed by atoms with E-state index in [1.807, 2.05) is 13.1 Å². The van der Waals surface area contributed by atoms with Gasteiger partial charge in [0.25, 0.3) is 0 Å². The number of anilines is 1. The monoisotopic (exact) mass is 271 g/mol. The summed E-state index contributed by atoms with van der Waals surface area (Å²) in [7, 11) is 1.87. The number of thiophene rings is 1. The molecule has 3 aromatic heterocycles. The zero-order valence-electron chi connectivity index (χ0n) is 10.7. The van der Waals surface area contributed by atoms with Crippen LogP contribution in [0.25, 0.3) is 21.7 Å². The minimum absolute atomic E-state index is 0.628. The van der Waals surface area contributed by atoms with E-state index in [1.54, 1.807) is 17.5 Å². The van der Waals surface area contributed by atoms with Crippen LogP contribution in [0.4, 0.5) is 5.82 Å². The Balaban J connectivity index is 2.22. The highest BCUT2D eigenvalue weighted by Gasteiger charge is 2.12. The summed E-state index contributed by atoms with van der Waals surface area (Å²) >= 11 is 1.70. The molecule has 5 nitrogen and oxygen atoms in total. The number of fused-ring (bicyclic) bond motifs is 1.